The van der Waals surface area contributed by atoms with Gasteiger partial charge in [0.05, 0.1) is 30.1 Å². The van der Waals surface area contributed by atoms with E-state index in [4.69, 9.17) is 9.47 Å². The molecule has 2 aliphatic heterocycles. The number of ether oxygens (including phenoxy) is 2. The minimum atomic E-state index is -3.80. The number of amides is 1. The van der Waals surface area contributed by atoms with Gasteiger partial charge in [0.15, 0.2) is 5.79 Å². The molecule has 1 amide bonds. The van der Waals surface area contributed by atoms with Crippen LogP contribution in [0, 0.1) is 0 Å². The lowest BCUT2D eigenvalue weighted by Gasteiger charge is -2.40. The van der Waals surface area contributed by atoms with Crippen molar-refractivity contribution in [3.63, 3.8) is 0 Å². The highest BCUT2D eigenvalue weighted by Gasteiger charge is 2.41. The summed E-state index contributed by atoms with van der Waals surface area (Å²) < 4.78 is 37.8. The van der Waals surface area contributed by atoms with Crippen molar-refractivity contribution in [3.8, 4) is 0 Å². The predicted molar refractivity (Wildman–Crippen MR) is 108 cm³/mol. The summed E-state index contributed by atoms with van der Waals surface area (Å²) in [5, 5.41) is 5.13. The monoisotopic (exact) mass is 425 g/mol. The number of carbonyl (C=O) groups is 1. The standard InChI is InChI=1S/C18H27N5O5S/c1-18(2)27-14(11-16(24)22(3)4)10-15(28-18)12-29(25,26)17-19-20-21-23(17)13-8-6-5-7-9-13/h5-9,14-15,20-21H,10-12H2,1-4H3/t14-,15+/m1/s1. The van der Waals surface area contributed by atoms with Crippen LogP contribution in [-0.4, -0.2) is 62.2 Å². The van der Waals surface area contributed by atoms with Crippen molar-refractivity contribution in [2.75, 3.05) is 24.9 Å². The molecule has 2 heterocycles. The van der Waals surface area contributed by atoms with E-state index in [9.17, 15) is 13.2 Å². The van der Waals surface area contributed by atoms with Crippen LogP contribution in [-0.2, 0) is 24.1 Å². The molecule has 0 aliphatic carbocycles. The zero-order valence-corrected chi connectivity index (χ0v) is 17.8. The van der Waals surface area contributed by atoms with Crippen molar-refractivity contribution in [2.45, 2.75) is 44.7 Å². The van der Waals surface area contributed by atoms with Crippen LogP contribution in [0.2, 0.25) is 0 Å². The van der Waals surface area contributed by atoms with Crippen LogP contribution in [0.5, 0.6) is 0 Å². The maximum Gasteiger partial charge on any atom is 0.263 e. The first-order valence-corrected chi connectivity index (χ1v) is 10.9. The molecule has 160 valence electrons. The molecule has 10 nitrogen and oxygen atoms in total. The van der Waals surface area contributed by atoms with Gasteiger partial charge in [-0.3, -0.25) is 4.79 Å². The van der Waals surface area contributed by atoms with Crippen LogP contribution in [0.1, 0.15) is 26.7 Å². The maximum atomic E-state index is 13.1. The molecule has 0 unspecified atom stereocenters. The van der Waals surface area contributed by atoms with Crippen LogP contribution in [0.4, 0.5) is 5.69 Å². The predicted octanol–water partition coefficient (Wildman–Crippen LogP) is 0.590. The SMILES string of the molecule is CN(C)C(=O)C[C@H]1C[C@@H](CS(=O)(=O)C2=NNNN2c2ccccc2)OC(C)(C)O1. The summed E-state index contributed by atoms with van der Waals surface area (Å²) in [5.74, 6) is -1.36. The summed E-state index contributed by atoms with van der Waals surface area (Å²) in [6, 6.07) is 8.97. The molecule has 1 saturated heterocycles. The van der Waals surface area contributed by atoms with Gasteiger partial charge in [-0.2, -0.15) is 0 Å². The number of amidine groups is 1. The summed E-state index contributed by atoms with van der Waals surface area (Å²) in [7, 11) is -0.457. The number of hydrazine groups is 2. The van der Waals surface area contributed by atoms with E-state index in [1.807, 2.05) is 6.07 Å². The van der Waals surface area contributed by atoms with Gasteiger partial charge in [-0.1, -0.05) is 18.2 Å². The maximum absolute atomic E-state index is 13.1. The highest BCUT2D eigenvalue weighted by molar-refractivity contribution is 8.06. The Morgan fingerprint density at radius 3 is 2.55 bits per heavy atom. The Morgan fingerprint density at radius 1 is 1.24 bits per heavy atom. The Bertz CT molecular complexity index is 872. The highest BCUT2D eigenvalue weighted by Crippen LogP contribution is 2.30. The van der Waals surface area contributed by atoms with Gasteiger partial charge in [-0.15, -0.1) is 10.6 Å². The first kappa shape index (κ1) is 21.5. The van der Waals surface area contributed by atoms with Crippen molar-refractivity contribution >= 4 is 26.6 Å². The number of para-hydroxylation sites is 1. The molecule has 1 aromatic rings. The molecule has 2 aliphatic rings. The number of anilines is 1. The molecule has 0 radical (unpaired) electrons. The molecule has 2 atom stereocenters. The molecule has 0 spiro atoms. The Kier molecular flexibility index (Phi) is 6.13. The van der Waals surface area contributed by atoms with Crippen molar-refractivity contribution in [1.82, 2.24) is 16.0 Å². The average Bonchev–Trinajstić information content (AvgIpc) is 3.11. The Hall–Kier alpha value is -2.21. The van der Waals surface area contributed by atoms with E-state index in [2.05, 4.69) is 16.2 Å². The fourth-order valence-corrected chi connectivity index (χ4v) is 4.78. The number of nitrogens with one attached hydrogen (secondary N) is 2. The Balaban J connectivity index is 1.74. The summed E-state index contributed by atoms with van der Waals surface area (Å²) in [4.78, 5) is 13.6. The minimum absolute atomic E-state index is 0.0851. The number of sulfone groups is 1. The number of carbonyl (C=O) groups excluding carboxylic acids is 1. The third kappa shape index (κ3) is 5.24. The normalized spacial score (nSPS) is 24.0. The topological polar surface area (TPSA) is 113 Å². The van der Waals surface area contributed by atoms with Gasteiger partial charge in [-0.05, 0) is 26.0 Å². The van der Waals surface area contributed by atoms with Gasteiger partial charge in [0.1, 0.15) is 0 Å². The van der Waals surface area contributed by atoms with E-state index in [-0.39, 0.29) is 23.2 Å². The molecule has 0 bridgehead atoms. The second-order valence-corrected chi connectivity index (χ2v) is 9.61. The van der Waals surface area contributed by atoms with Crippen LogP contribution >= 0.6 is 0 Å². The second kappa shape index (κ2) is 8.27. The molecular weight excluding hydrogens is 398 g/mol. The smallest absolute Gasteiger partial charge is 0.263 e. The summed E-state index contributed by atoms with van der Waals surface area (Å²) in [6.07, 6.45) is -0.608. The fourth-order valence-electron chi connectivity index (χ4n) is 3.32. The molecule has 29 heavy (non-hydrogen) atoms. The van der Waals surface area contributed by atoms with Crippen molar-refractivity contribution in [1.29, 1.82) is 0 Å². The Morgan fingerprint density at radius 2 is 1.90 bits per heavy atom. The first-order valence-electron chi connectivity index (χ1n) is 9.29. The third-order valence-electron chi connectivity index (χ3n) is 4.53. The second-order valence-electron chi connectivity index (χ2n) is 7.68. The van der Waals surface area contributed by atoms with Crippen LogP contribution in [0.15, 0.2) is 35.4 Å². The van der Waals surface area contributed by atoms with Crippen LogP contribution < -0.4 is 16.1 Å². The van der Waals surface area contributed by atoms with E-state index >= 15 is 0 Å². The van der Waals surface area contributed by atoms with Gasteiger partial charge in [0.25, 0.3) is 5.17 Å². The summed E-state index contributed by atoms with van der Waals surface area (Å²) >= 11 is 0. The van der Waals surface area contributed by atoms with Gasteiger partial charge in [0.2, 0.25) is 15.7 Å². The molecule has 3 rings (SSSR count). The van der Waals surface area contributed by atoms with Gasteiger partial charge >= 0.3 is 0 Å². The van der Waals surface area contributed by atoms with E-state index in [0.717, 1.165) is 0 Å². The molecule has 1 aromatic carbocycles. The number of hydrogen-bond acceptors (Lipinski definition) is 9. The first-order chi connectivity index (χ1) is 13.6. The zero-order valence-electron chi connectivity index (χ0n) is 17.0. The highest BCUT2D eigenvalue weighted by atomic mass is 32.2. The van der Waals surface area contributed by atoms with E-state index < -0.39 is 27.8 Å². The van der Waals surface area contributed by atoms with E-state index in [0.29, 0.717) is 12.1 Å². The van der Waals surface area contributed by atoms with Crippen molar-refractivity contribution in [3.05, 3.63) is 30.3 Å². The van der Waals surface area contributed by atoms with Gasteiger partial charge < -0.3 is 14.4 Å². The summed E-state index contributed by atoms with van der Waals surface area (Å²) in [6.45, 7) is 3.43. The molecule has 11 heteroatoms. The minimum Gasteiger partial charge on any atom is -0.349 e. The number of hydrazone groups is 1. The molecule has 2 N–H and O–H groups in total. The number of benzene rings is 1. The van der Waals surface area contributed by atoms with E-state index in [1.165, 1.54) is 9.91 Å². The molecular formula is C18H27N5O5S. The third-order valence-corrected chi connectivity index (χ3v) is 6.17. The molecule has 0 aromatic heterocycles. The van der Waals surface area contributed by atoms with E-state index in [1.54, 1.807) is 52.2 Å². The number of hydrogen-bond donors (Lipinski definition) is 2. The number of rotatable bonds is 5. The summed E-state index contributed by atoms with van der Waals surface area (Å²) in [5.41, 5.74) is 5.84. The van der Waals surface area contributed by atoms with Crippen LogP contribution in [0.25, 0.3) is 0 Å². The molecule has 0 saturated carbocycles. The fraction of sp³-hybridized carbons (Fsp3) is 0.556. The zero-order chi connectivity index (χ0) is 21.2. The lowest BCUT2D eigenvalue weighted by Crippen LogP contribution is -2.50. The number of nitrogens with zero attached hydrogens (tertiary/aromatic N) is 3. The van der Waals surface area contributed by atoms with Crippen molar-refractivity contribution in [2.24, 2.45) is 5.10 Å². The lowest BCUT2D eigenvalue weighted by molar-refractivity contribution is -0.294. The molecule has 1 fully saturated rings. The lowest BCUT2D eigenvalue weighted by atomic mass is 10.1. The van der Waals surface area contributed by atoms with Gasteiger partial charge in [0, 0.05) is 20.5 Å². The van der Waals surface area contributed by atoms with Crippen molar-refractivity contribution < 1.29 is 22.7 Å². The quantitative estimate of drug-likeness (QED) is 0.705. The van der Waals surface area contributed by atoms with Gasteiger partial charge in [-0.25, -0.2) is 19.0 Å². The average molecular weight is 426 g/mol. The van der Waals surface area contributed by atoms with Crippen LogP contribution in [0.3, 0.4) is 0 Å². The largest absolute Gasteiger partial charge is 0.349 e. The Labute approximate surface area is 170 Å².